The van der Waals surface area contributed by atoms with Crippen LogP contribution in [0.3, 0.4) is 0 Å². The predicted octanol–water partition coefficient (Wildman–Crippen LogP) is 5.18. The fourth-order valence-corrected chi connectivity index (χ4v) is 3.07. The van der Waals surface area contributed by atoms with Crippen LogP contribution in [0.2, 0.25) is 10.0 Å². The molecule has 0 aliphatic heterocycles. The second kappa shape index (κ2) is 10.8. The minimum Gasteiger partial charge on any atom is -0.494 e. The molecule has 0 aliphatic carbocycles. The number of nitrogens with zero attached hydrogens (tertiary/aromatic N) is 3. The quantitative estimate of drug-likeness (QED) is 0.280. The van der Waals surface area contributed by atoms with E-state index in [1.165, 1.54) is 0 Å². The van der Waals surface area contributed by atoms with E-state index in [0.717, 1.165) is 29.7 Å². The van der Waals surface area contributed by atoms with E-state index in [2.05, 4.69) is 22.5 Å². The molecule has 0 atom stereocenters. The average molecular weight is 445 g/mol. The molecule has 8 heteroatoms. The van der Waals surface area contributed by atoms with Gasteiger partial charge in [0.15, 0.2) is 5.69 Å². The molecule has 0 saturated carbocycles. The number of hydrogen-bond donors (Lipinski definition) is 1. The molecule has 1 N–H and O–H groups in total. The molecule has 0 aliphatic rings. The Labute approximate surface area is 185 Å². The number of ether oxygens (including phenoxy) is 1. The highest BCUT2D eigenvalue weighted by molar-refractivity contribution is 6.35. The lowest BCUT2D eigenvalue weighted by molar-refractivity contribution is 0.0949. The van der Waals surface area contributed by atoms with Gasteiger partial charge in [0.05, 0.1) is 19.4 Å². The van der Waals surface area contributed by atoms with Crippen LogP contribution in [-0.4, -0.2) is 28.5 Å². The number of halogens is 2. The van der Waals surface area contributed by atoms with Gasteiger partial charge >= 0.3 is 0 Å². The molecule has 3 rings (SSSR count). The summed E-state index contributed by atoms with van der Waals surface area (Å²) >= 11 is 12.1. The van der Waals surface area contributed by atoms with Crippen LogP contribution < -0.4 is 10.2 Å². The summed E-state index contributed by atoms with van der Waals surface area (Å²) in [6.45, 7) is 3.26. The molecule has 1 heterocycles. The summed E-state index contributed by atoms with van der Waals surface area (Å²) in [5.74, 6) is 0.419. The zero-order chi connectivity index (χ0) is 21.3. The minimum absolute atomic E-state index is 0.261. The number of hydrazone groups is 1. The monoisotopic (exact) mass is 444 g/mol. The number of aromatic nitrogens is 2. The standard InChI is InChI=1S/C22H22Cl2N4O2/c1-2-3-12-30-19-8-4-16(5-9-19)14-25-26-22(29)21-10-11-28(27-21)15-17-6-7-18(23)13-20(17)24/h4-11,13-14H,2-3,12,15H2,1H3,(H,26,29). The van der Waals surface area contributed by atoms with Gasteiger partial charge in [-0.25, -0.2) is 5.43 Å². The van der Waals surface area contributed by atoms with Gasteiger partial charge in [-0.2, -0.15) is 10.2 Å². The maximum absolute atomic E-state index is 12.2. The summed E-state index contributed by atoms with van der Waals surface area (Å²) in [6, 6.07) is 14.4. The molecule has 30 heavy (non-hydrogen) atoms. The van der Waals surface area contributed by atoms with Crippen LogP contribution in [0.5, 0.6) is 5.75 Å². The van der Waals surface area contributed by atoms with E-state index in [4.69, 9.17) is 27.9 Å². The van der Waals surface area contributed by atoms with Crippen LogP contribution in [0.1, 0.15) is 41.4 Å². The highest BCUT2D eigenvalue weighted by Gasteiger charge is 2.10. The van der Waals surface area contributed by atoms with Crippen molar-refractivity contribution < 1.29 is 9.53 Å². The van der Waals surface area contributed by atoms with E-state index < -0.39 is 5.91 Å². The molecular weight excluding hydrogens is 423 g/mol. The molecule has 2 aromatic carbocycles. The van der Waals surface area contributed by atoms with Gasteiger partial charge in [-0.1, -0.05) is 42.6 Å². The number of nitrogens with one attached hydrogen (secondary N) is 1. The van der Waals surface area contributed by atoms with E-state index in [-0.39, 0.29) is 5.69 Å². The number of carbonyl (C=O) groups is 1. The highest BCUT2D eigenvalue weighted by atomic mass is 35.5. The van der Waals surface area contributed by atoms with Crippen LogP contribution >= 0.6 is 23.2 Å². The van der Waals surface area contributed by atoms with E-state index in [9.17, 15) is 4.79 Å². The molecule has 0 bridgehead atoms. The van der Waals surface area contributed by atoms with Gasteiger partial charge in [-0.15, -0.1) is 0 Å². The Balaban J connectivity index is 1.52. The van der Waals surface area contributed by atoms with Crippen LogP contribution in [0.15, 0.2) is 59.8 Å². The first-order valence-corrected chi connectivity index (χ1v) is 10.3. The normalized spacial score (nSPS) is 11.0. The molecular formula is C22H22Cl2N4O2. The summed E-state index contributed by atoms with van der Waals surface area (Å²) < 4.78 is 7.25. The van der Waals surface area contributed by atoms with Crippen molar-refractivity contribution in [2.24, 2.45) is 5.10 Å². The van der Waals surface area contributed by atoms with Gasteiger partial charge < -0.3 is 4.74 Å². The third kappa shape index (κ3) is 6.34. The van der Waals surface area contributed by atoms with Gasteiger partial charge in [0, 0.05) is 16.2 Å². The molecule has 0 fully saturated rings. The molecule has 6 nitrogen and oxygen atoms in total. The van der Waals surface area contributed by atoms with Crippen molar-refractivity contribution in [1.29, 1.82) is 0 Å². The zero-order valence-electron chi connectivity index (χ0n) is 16.5. The minimum atomic E-state index is -0.397. The van der Waals surface area contributed by atoms with E-state index in [1.807, 2.05) is 30.3 Å². The Hall–Kier alpha value is -2.83. The first-order chi connectivity index (χ1) is 14.5. The predicted molar refractivity (Wildman–Crippen MR) is 120 cm³/mol. The molecule has 0 radical (unpaired) electrons. The number of hydrogen-bond acceptors (Lipinski definition) is 4. The van der Waals surface area contributed by atoms with Crippen LogP contribution in [0.4, 0.5) is 0 Å². The highest BCUT2D eigenvalue weighted by Crippen LogP contribution is 2.21. The number of rotatable bonds is 9. The molecule has 0 spiro atoms. The van der Waals surface area contributed by atoms with Crippen LogP contribution in [-0.2, 0) is 6.54 Å². The second-order valence-electron chi connectivity index (χ2n) is 6.60. The summed E-state index contributed by atoms with van der Waals surface area (Å²) in [6.07, 6.45) is 5.40. The van der Waals surface area contributed by atoms with E-state index in [0.29, 0.717) is 23.2 Å². The van der Waals surface area contributed by atoms with Crippen molar-refractivity contribution in [1.82, 2.24) is 15.2 Å². The number of unbranched alkanes of at least 4 members (excludes halogenated alkanes) is 1. The molecule has 1 amide bonds. The van der Waals surface area contributed by atoms with Crippen molar-refractivity contribution in [2.75, 3.05) is 6.61 Å². The first kappa shape index (κ1) is 21.9. The molecule has 156 valence electrons. The second-order valence-corrected chi connectivity index (χ2v) is 7.45. The van der Waals surface area contributed by atoms with E-state index >= 15 is 0 Å². The van der Waals surface area contributed by atoms with Gasteiger partial charge in [-0.3, -0.25) is 9.48 Å². The van der Waals surface area contributed by atoms with Gasteiger partial charge in [0.25, 0.3) is 5.91 Å². The topological polar surface area (TPSA) is 68.5 Å². The zero-order valence-corrected chi connectivity index (χ0v) is 18.0. The maximum atomic E-state index is 12.2. The van der Waals surface area contributed by atoms with Crippen molar-refractivity contribution in [2.45, 2.75) is 26.3 Å². The smallest absolute Gasteiger partial charge is 0.291 e. The third-order valence-corrected chi connectivity index (χ3v) is 4.83. The molecule has 3 aromatic rings. The third-order valence-electron chi connectivity index (χ3n) is 4.25. The SMILES string of the molecule is CCCCOc1ccc(C=NNC(=O)c2ccn(Cc3ccc(Cl)cc3Cl)n2)cc1. The fraction of sp³-hybridized carbons (Fsp3) is 0.227. The molecule has 0 saturated heterocycles. The van der Waals surface area contributed by atoms with Gasteiger partial charge in [0.1, 0.15) is 5.75 Å². The lowest BCUT2D eigenvalue weighted by Crippen LogP contribution is -2.18. The first-order valence-electron chi connectivity index (χ1n) is 9.59. The Morgan fingerprint density at radius 3 is 2.73 bits per heavy atom. The maximum Gasteiger partial charge on any atom is 0.291 e. The van der Waals surface area contributed by atoms with Crippen molar-refractivity contribution in [3.8, 4) is 5.75 Å². The number of carbonyl (C=O) groups excluding carboxylic acids is 1. The largest absolute Gasteiger partial charge is 0.494 e. The summed E-state index contributed by atoms with van der Waals surface area (Å²) in [4.78, 5) is 12.2. The van der Waals surface area contributed by atoms with Crippen molar-refractivity contribution >= 4 is 35.3 Å². The average Bonchev–Trinajstić information content (AvgIpc) is 3.20. The molecule has 1 aromatic heterocycles. The molecule has 0 unspecified atom stereocenters. The Morgan fingerprint density at radius 2 is 2.00 bits per heavy atom. The van der Waals surface area contributed by atoms with Crippen molar-refractivity contribution in [3.63, 3.8) is 0 Å². The van der Waals surface area contributed by atoms with Crippen LogP contribution in [0, 0.1) is 0 Å². The number of amides is 1. The summed E-state index contributed by atoms with van der Waals surface area (Å²) in [5.41, 5.74) is 4.45. The fourth-order valence-electron chi connectivity index (χ4n) is 2.60. The Bertz CT molecular complexity index is 1020. The summed E-state index contributed by atoms with van der Waals surface area (Å²) in [7, 11) is 0. The summed E-state index contributed by atoms with van der Waals surface area (Å²) in [5, 5.41) is 9.38. The van der Waals surface area contributed by atoms with Crippen LogP contribution in [0.25, 0.3) is 0 Å². The Kier molecular flexibility index (Phi) is 7.88. The number of benzene rings is 2. The lowest BCUT2D eigenvalue weighted by Gasteiger charge is -2.05. The van der Waals surface area contributed by atoms with Gasteiger partial charge in [-0.05, 0) is 60.0 Å². The Morgan fingerprint density at radius 1 is 1.20 bits per heavy atom. The van der Waals surface area contributed by atoms with Crippen molar-refractivity contribution in [3.05, 3.63) is 81.6 Å². The van der Waals surface area contributed by atoms with E-state index in [1.54, 1.807) is 35.3 Å². The van der Waals surface area contributed by atoms with Gasteiger partial charge in [0.2, 0.25) is 0 Å². The lowest BCUT2D eigenvalue weighted by atomic mass is 10.2.